The SMILES string of the molecule is CCCCCC(C)CCc1cc(O)c2c(c1)OC(C)(C)C1=C2CC(C)(C)C1. The molecule has 1 aliphatic heterocycles. The number of fused-ring (bicyclic) bond motifs is 2. The van der Waals surface area contributed by atoms with Crippen molar-refractivity contribution in [3.8, 4) is 11.5 Å². The van der Waals surface area contributed by atoms with Crippen LogP contribution in [0.2, 0.25) is 0 Å². The third-order valence-electron chi connectivity index (χ3n) is 6.44. The van der Waals surface area contributed by atoms with Crippen molar-refractivity contribution in [1.29, 1.82) is 0 Å². The zero-order valence-electron chi connectivity index (χ0n) is 18.2. The van der Waals surface area contributed by atoms with Crippen LogP contribution in [0.4, 0.5) is 0 Å². The Balaban J connectivity index is 1.79. The van der Waals surface area contributed by atoms with Gasteiger partial charge in [0, 0.05) is 0 Å². The highest BCUT2D eigenvalue weighted by Crippen LogP contribution is 2.56. The van der Waals surface area contributed by atoms with Gasteiger partial charge in [-0.2, -0.15) is 0 Å². The van der Waals surface area contributed by atoms with E-state index in [0.29, 0.717) is 5.75 Å². The van der Waals surface area contributed by atoms with E-state index in [0.717, 1.165) is 36.5 Å². The van der Waals surface area contributed by atoms with E-state index >= 15 is 0 Å². The van der Waals surface area contributed by atoms with E-state index in [4.69, 9.17) is 4.74 Å². The number of rotatable bonds is 7. The maximum absolute atomic E-state index is 10.8. The number of aromatic hydroxyl groups is 1. The highest BCUT2D eigenvalue weighted by atomic mass is 16.5. The summed E-state index contributed by atoms with van der Waals surface area (Å²) in [6, 6.07) is 4.17. The average molecular weight is 371 g/mol. The minimum absolute atomic E-state index is 0.242. The Hall–Kier alpha value is -1.44. The number of allylic oxidation sites excluding steroid dienone is 1. The van der Waals surface area contributed by atoms with Gasteiger partial charge < -0.3 is 9.84 Å². The molecule has 0 amide bonds. The quantitative estimate of drug-likeness (QED) is 0.511. The van der Waals surface area contributed by atoms with Crippen LogP contribution in [0.15, 0.2) is 17.7 Å². The van der Waals surface area contributed by atoms with Crippen molar-refractivity contribution in [1.82, 2.24) is 0 Å². The molecule has 150 valence electrons. The van der Waals surface area contributed by atoms with Crippen LogP contribution in [-0.2, 0) is 6.42 Å². The van der Waals surface area contributed by atoms with Crippen molar-refractivity contribution < 1.29 is 9.84 Å². The van der Waals surface area contributed by atoms with Gasteiger partial charge in [-0.15, -0.1) is 0 Å². The monoisotopic (exact) mass is 370 g/mol. The van der Waals surface area contributed by atoms with Crippen LogP contribution in [0.1, 0.15) is 97.6 Å². The standard InChI is InChI=1S/C25H38O2/c1-7-8-9-10-17(2)11-12-18-13-21(26)23-19-15-24(3,4)16-20(19)25(5,6)27-22(23)14-18/h13-14,17,26H,7-12,15-16H2,1-6H3. The number of ether oxygens (including phenoxy) is 1. The van der Waals surface area contributed by atoms with E-state index in [1.54, 1.807) is 0 Å². The van der Waals surface area contributed by atoms with Gasteiger partial charge >= 0.3 is 0 Å². The predicted molar refractivity (Wildman–Crippen MR) is 114 cm³/mol. The lowest BCUT2D eigenvalue weighted by molar-refractivity contribution is 0.137. The molecule has 1 aliphatic carbocycles. The molecule has 1 N–H and O–H groups in total. The van der Waals surface area contributed by atoms with Crippen LogP contribution >= 0.6 is 0 Å². The minimum Gasteiger partial charge on any atom is -0.507 e. The minimum atomic E-state index is -0.283. The first kappa shape index (κ1) is 20.3. The fraction of sp³-hybridized carbons (Fsp3) is 0.680. The third-order valence-corrected chi connectivity index (χ3v) is 6.44. The number of hydrogen-bond acceptors (Lipinski definition) is 2. The lowest BCUT2D eigenvalue weighted by Crippen LogP contribution is -2.34. The molecule has 0 saturated heterocycles. The molecule has 2 heteroatoms. The summed E-state index contributed by atoms with van der Waals surface area (Å²) in [5.74, 6) is 2.02. The maximum Gasteiger partial charge on any atom is 0.132 e. The molecule has 0 bridgehead atoms. The van der Waals surface area contributed by atoms with Crippen LogP contribution in [-0.4, -0.2) is 10.7 Å². The summed E-state index contributed by atoms with van der Waals surface area (Å²) < 4.78 is 6.42. The van der Waals surface area contributed by atoms with Crippen molar-refractivity contribution in [2.45, 2.75) is 98.5 Å². The molecule has 2 aliphatic rings. The summed E-state index contributed by atoms with van der Waals surface area (Å²) in [5, 5.41) is 10.8. The van der Waals surface area contributed by atoms with Crippen LogP contribution in [0.3, 0.4) is 0 Å². The van der Waals surface area contributed by atoms with Crippen molar-refractivity contribution in [2.75, 3.05) is 0 Å². The number of unbranched alkanes of at least 4 members (excludes halogenated alkanes) is 2. The molecule has 1 aromatic rings. The lowest BCUT2D eigenvalue weighted by atomic mass is 9.85. The second-order valence-electron chi connectivity index (χ2n) is 10.2. The van der Waals surface area contributed by atoms with Crippen molar-refractivity contribution in [3.63, 3.8) is 0 Å². The van der Waals surface area contributed by atoms with E-state index in [-0.39, 0.29) is 11.0 Å². The summed E-state index contributed by atoms with van der Waals surface area (Å²) in [7, 11) is 0. The Morgan fingerprint density at radius 1 is 1.07 bits per heavy atom. The van der Waals surface area contributed by atoms with Crippen LogP contribution in [0.5, 0.6) is 11.5 Å². The van der Waals surface area contributed by atoms with Gasteiger partial charge in [0.15, 0.2) is 0 Å². The average Bonchev–Trinajstić information content (AvgIpc) is 2.88. The topological polar surface area (TPSA) is 29.5 Å². The summed E-state index contributed by atoms with van der Waals surface area (Å²) in [4.78, 5) is 0. The molecule has 0 radical (unpaired) electrons. The van der Waals surface area contributed by atoms with E-state index in [1.807, 2.05) is 6.07 Å². The fourth-order valence-corrected chi connectivity index (χ4v) is 4.87. The summed E-state index contributed by atoms with van der Waals surface area (Å²) in [6.07, 6.45) is 9.50. The number of hydrogen-bond donors (Lipinski definition) is 1. The summed E-state index contributed by atoms with van der Waals surface area (Å²) >= 11 is 0. The zero-order chi connectivity index (χ0) is 19.8. The molecule has 3 rings (SSSR count). The Morgan fingerprint density at radius 3 is 2.52 bits per heavy atom. The van der Waals surface area contributed by atoms with E-state index < -0.39 is 0 Å². The van der Waals surface area contributed by atoms with Gasteiger partial charge in [-0.1, -0.05) is 53.4 Å². The Morgan fingerprint density at radius 2 is 1.81 bits per heavy atom. The first-order valence-corrected chi connectivity index (χ1v) is 10.9. The Kier molecular flexibility index (Phi) is 5.66. The molecule has 1 aromatic carbocycles. The van der Waals surface area contributed by atoms with Crippen molar-refractivity contribution >= 4 is 5.57 Å². The van der Waals surface area contributed by atoms with Gasteiger partial charge in [0.2, 0.25) is 0 Å². The van der Waals surface area contributed by atoms with Crippen molar-refractivity contribution in [3.05, 3.63) is 28.8 Å². The van der Waals surface area contributed by atoms with Gasteiger partial charge in [0.05, 0.1) is 5.56 Å². The Bertz CT molecular complexity index is 724. The van der Waals surface area contributed by atoms with Gasteiger partial charge in [0.1, 0.15) is 17.1 Å². The van der Waals surface area contributed by atoms with E-state index in [9.17, 15) is 5.11 Å². The number of phenolic OH excluding ortho intramolecular Hbond substituents is 1. The fourth-order valence-electron chi connectivity index (χ4n) is 4.87. The smallest absolute Gasteiger partial charge is 0.132 e. The largest absolute Gasteiger partial charge is 0.507 e. The zero-order valence-corrected chi connectivity index (χ0v) is 18.2. The molecule has 1 heterocycles. The van der Waals surface area contributed by atoms with Crippen LogP contribution in [0, 0.1) is 11.3 Å². The summed E-state index contributed by atoms with van der Waals surface area (Å²) in [6.45, 7) is 13.6. The molecule has 0 aromatic heterocycles. The van der Waals surface area contributed by atoms with Gasteiger partial charge in [0.25, 0.3) is 0 Å². The molecule has 0 fully saturated rings. The van der Waals surface area contributed by atoms with Crippen LogP contribution < -0.4 is 4.74 Å². The van der Waals surface area contributed by atoms with Crippen molar-refractivity contribution in [2.24, 2.45) is 11.3 Å². The van der Waals surface area contributed by atoms with E-state index in [2.05, 4.69) is 47.6 Å². The molecule has 1 unspecified atom stereocenters. The molecular weight excluding hydrogens is 332 g/mol. The van der Waals surface area contributed by atoms with Gasteiger partial charge in [-0.3, -0.25) is 0 Å². The highest BCUT2D eigenvalue weighted by Gasteiger charge is 2.44. The summed E-state index contributed by atoms with van der Waals surface area (Å²) in [5.41, 5.74) is 4.80. The number of benzene rings is 1. The first-order valence-electron chi connectivity index (χ1n) is 10.9. The molecular formula is C25H38O2. The second kappa shape index (κ2) is 7.53. The van der Waals surface area contributed by atoms with Gasteiger partial charge in [-0.25, -0.2) is 0 Å². The molecule has 27 heavy (non-hydrogen) atoms. The lowest BCUT2D eigenvalue weighted by Gasteiger charge is -2.35. The maximum atomic E-state index is 10.8. The number of aryl methyl sites for hydroxylation is 1. The normalized spacial score (nSPS) is 20.8. The van der Waals surface area contributed by atoms with Crippen LogP contribution in [0.25, 0.3) is 5.57 Å². The number of phenols is 1. The third kappa shape index (κ3) is 4.36. The molecule has 2 nitrogen and oxygen atoms in total. The molecule has 0 saturated carbocycles. The molecule has 1 atom stereocenters. The predicted octanol–water partition coefficient (Wildman–Crippen LogP) is 7.29. The van der Waals surface area contributed by atoms with E-state index in [1.165, 1.54) is 48.8 Å². The van der Waals surface area contributed by atoms with Gasteiger partial charge in [-0.05, 0) is 79.7 Å². The molecule has 0 spiro atoms. The highest BCUT2D eigenvalue weighted by molar-refractivity contribution is 5.82. The second-order valence-corrected chi connectivity index (χ2v) is 10.2. The Labute approximate surface area is 166 Å². The first-order chi connectivity index (χ1) is 12.6.